The van der Waals surface area contributed by atoms with E-state index in [0.29, 0.717) is 41.0 Å². The maximum Gasteiger partial charge on any atom is 0.419 e. The van der Waals surface area contributed by atoms with Gasteiger partial charge in [-0.2, -0.15) is 13.2 Å². The van der Waals surface area contributed by atoms with Gasteiger partial charge in [0.1, 0.15) is 5.82 Å². The average molecular weight is 542 g/mol. The second-order valence-electron chi connectivity index (χ2n) is 8.14. The number of hydrogen-bond donors (Lipinski definition) is 0. The minimum Gasteiger partial charge on any atom is -0.449 e. The smallest absolute Gasteiger partial charge is 0.419 e. The van der Waals surface area contributed by atoms with Gasteiger partial charge in [0.25, 0.3) is 0 Å². The molecule has 2 unspecified atom stereocenters. The second-order valence-corrected chi connectivity index (χ2v) is 9.33. The SMILES string of the molecule is CN(Cc1ccc(C(F)(F)F)c(F)c1)C1CN(C(=O)OCCCCl)CC1c1ccc(Cl)c(Cl)c1. The lowest BCUT2D eigenvalue weighted by atomic mass is 9.93. The van der Waals surface area contributed by atoms with Gasteiger partial charge in [-0.15, -0.1) is 11.6 Å². The quantitative estimate of drug-likeness (QED) is 0.219. The number of carbonyl (C=O) groups is 1. The second kappa shape index (κ2) is 11.3. The van der Waals surface area contributed by atoms with Gasteiger partial charge in [-0.25, -0.2) is 9.18 Å². The Morgan fingerprint density at radius 2 is 1.88 bits per heavy atom. The van der Waals surface area contributed by atoms with Crippen LogP contribution in [0, 0.1) is 5.82 Å². The number of halogens is 7. The van der Waals surface area contributed by atoms with Crippen LogP contribution in [0.3, 0.4) is 0 Å². The Morgan fingerprint density at radius 3 is 2.50 bits per heavy atom. The number of benzene rings is 2. The van der Waals surface area contributed by atoms with Crippen LogP contribution in [0.25, 0.3) is 0 Å². The first-order valence-corrected chi connectivity index (χ1v) is 11.8. The van der Waals surface area contributed by atoms with Crippen molar-refractivity contribution in [2.24, 2.45) is 0 Å². The van der Waals surface area contributed by atoms with E-state index in [1.54, 1.807) is 24.1 Å². The summed E-state index contributed by atoms with van der Waals surface area (Å²) in [6, 6.07) is 7.87. The molecule has 186 valence electrons. The van der Waals surface area contributed by atoms with Crippen molar-refractivity contribution in [2.45, 2.75) is 31.1 Å². The van der Waals surface area contributed by atoms with Gasteiger partial charge in [0.2, 0.25) is 0 Å². The molecule has 1 aliphatic heterocycles. The van der Waals surface area contributed by atoms with Gasteiger partial charge in [0.15, 0.2) is 0 Å². The van der Waals surface area contributed by atoms with E-state index in [9.17, 15) is 22.4 Å². The summed E-state index contributed by atoms with van der Waals surface area (Å²) in [7, 11) is 1.77. The standard InChI is InChI=1S/C23H23Cl3F4N2O2/c1-31(11-14-3-5-17(20(27)9-14)23(28,29)30)21-13-32(22(33)34-8-2-7-24)12-16(21)15-4-6-18(25)19(26)10-15/h3-6,9-10,16,21H,2,7-8,11-13H2,1H3. The van der Waals surface area contributed by atoms with Gasteiger partial charge in [-0.3, -0.25) is 4.90 Å². The highest BCUT2D eigenvalue weighted by Crippen LogP contribution is 2.36. The van der Waals surface area contributed by atoms with Crippen LogP contribution in [-0.2, 0) is 17.5 Å². The van der Waals surface area contributed by atoms with Gasteiger partial charge in [-0.1, -0.05) is 35.3 Å². The summed E-state index contributed by atoms with van der Waals surface area (Å²) in [6.45, 7) is 1.02. The van der Waals surface area contributed by atoms with Crippen LogP contribution in [0.15, 0.2) is 36.4 Å². The first-order valence-electron chi connectivity index (χ1n) is 10.5. The molecular formula is C23H23Cl3F4N2O2. The Labute approximate surface area is 210 Å². The average Bonchev–Trinajstić information content (AvgIpc) is 3.21. The fourth-order valence-corrected chi connectivity index (χ4v) is 4.47. The third kappa shape index (κ3) is 6.47. The van der Waals surface area contributed by atoms with E-state index in [0.717, 1.165) is 17.7 Å². The fourth-order valence-electron chi connectivity index (χ4n) is 4.05. The number of likely N-dealkylation sites (N-methyl/N-ethyl adjacent to an activating group) is 1. The van der Waals surface area contributed by atoms with E-state index in [2.05, 4.69) is 0 Å². The van der Waals surface area contributed by atoms with E-state index in [1.165, 1.54) is 6.07 Å². The summed E-state index contributed by atoms with van der Waals surface area (Å²) in [6.07, 6.45) is -4.71. The molecule has 0 bridgehead atoms. The van der Waals surface area contributed by atoms with Crippen molar-refractivity contribution < 1.29 is 27.1 Å². The number of amides is 1. The molecule has 2 aromatic carbocycles. The van der Waals surface area contributed by atoms with Crippen molar-refractivity contribution in [3.8, 4) is 0 Å². The maximum absolute atomic E-state index is 14.1. The first-order chi connectivity index (χ1) is 16.0. The maximum atomic E-state index is 14.1. The van der Waals surface area contributed by atoms with Gasteiger partial charge in [-0.05, 0) is 48.9 Å². The van der Waals surface area contributed by atoms with E-state index in [4.69, 9.17) is 39.5 Å². The number of likely N-dealkylation sites (tertiary alicyclic amines) is 1. The summed E-state index contributed by atoms with van der Waals surface area (Å²) in [5.41, 5.74) is -0.0794. The lowest BCUT2D eigenvalue weighted by Crippen LogP contribution is -2.38. The number of hydrogen-bond acceptors (Lipinski definition) is 3. The van der Waals surface area contributed by atoms with Crippen molar-refractivity contribution in [1.82, 2.24) is 9.80 Å². The van der Waals surface area contributed by atoms with Crippen molar-refractivity contribution >= 4 is 40.9 Å². The molecule has 1 amide bonds. The molecule has 11 heteroatoms. The third-order valence-electron chi connectivity index (χ3n) is 5.76. The molecule has 2 atom stereocenters. The summed E-state index contributed by atoms with van der Waals surface area (Å²) < 4.78 is 58.0. The number of carbonyl (C=O) groups excluding carboxylic acids is 1. The summed E-state index contributed by atoms with van der Waals surface area (Å²) in [4.78, 5) is 16.0. The molecule has 1 aliphatic rings. The van der Waals surface area contributed by atoms with Crippen LogP contribution in [-0.4, -0.2) is 54.6 Å². The predicted molar refractivity (Wildman–Crippen MR) is 124 cm³/mol. The molecule has 4 nitrogen and oxygen atoms in total. The Kier molecular flexibility index (Phi) is 8.95. The number of alkyl halides is 4. The minimum atomic E-state index is -4.76. The molecule has 1 heterocycles. The highest BCUT2D eigenvalue weighted by molar-refractivity contribution is 6.42. The number of rotatable bonds is 7. The highest BCUT2D eigenvalue weighted by atomic mass is 35.5. The van der Waals surface area contributed by atoms with E-state index in [-0.39, 0.29) is 25.1 Å². The lowest BCUT2D eigenvalue weighted by Gasteiger charge is -2.29. The molecule has 0 aromatic heterocycles. The largest absolute Gasteiger partial charge is 0.449 e. The van der Waals surface area contributed by atoms with Crippen LogP contribution in [0.1, 0.15) is 29.0 Å². The molecule has 34 heavy (non-hydrogen) atoms. The topological polar surface area (TPSA) is 32.8 Å². The third-order valence-corrected chi connectivity index (χ3v) is 6.77. The molecule has 1 saturated heterocycles. The Balaban J connectivity index is 1.82. The number of ether oxygens (including phenoxy) is 1. The fraction of sp³-hybridized carbons (Fsp3) is 0.435. The van der Waals surface area contributed by atoms with Crippen LogP contribution < -0.4 is 0 Å². The van der Waals surface area contributed by atoms with Gasteiger partial charge < -0.3 is 9.64 Å². The van der Waals surface area contributed by atoms with Crippen molar-refractivity contribution in [2.75, 3.05) is 32.6 Å². The molecule has 3 rings (SSSR count). The summed E-state index contributed by atoms with van der Waals surface area (Å²) >= 11 is 17.9. The monoisotopic (exact) mass is 540 g/mol. The first kappa shape index (κ1) is 26.9. The molecule has 0 spiro atoms. The molecule has 2 aromatic rings. The highest BCUT2D eigenvalue weighted by Gasteiger charge is 2.39. The zero-order chi connectivity index (χ0) is 25.0. The van der Waals surface area contributed by atoms with Gasteiger partial charge >= 0.3 is 12.3 Å². The van der Waals surface area contributed by atoms with Gasteiger partial charge in [0, 0.05) is 37.5 Å². The molecule has 0 N–H and O–H groups in total. The van der Waals surface area contributed by atoms with Crippen molar-refractivity contribution in [3.05, 3.63) is 69.0 Å². The Morgan fingerprint density at radius 1 is 1.15 bits per heavy atom. The lowest BCUT2D eigenvalue weighted by molar-refractivity contribution is -0.140. The zero-order valence-corrected chi connectivity index (χ0v) is 20.5. The number of nitrogens with zero attached hydrogens (tertiary/aromatic N) is 2. The van der Waals surface area contributed by atoms with Crippen LogP contribution >= 0.6 is 34.8 Å². The van der Waals surface area contributed by atoms with Crippen LogP contribution in [0.2, 0.25) is 10.0 Å². The minimum absolute atomic E-state index is 0.173. The van der Waals surface area contributed by atoms with Crippen LogP contribution in [0.4, 0.5) is 22.4 Å². The Bertz CT molecular complexity index is 1020. The van der Waals surface area contributed by atoms with Crippen molar-refractivity contribution in [1.29, 1.82) is 0 Å². The summed E-state index contributed by atoms with van der Waals surface area (Å²) in [5.74, 6) is -1.14. The molecule has 1 fully saturated rings. The molecular weight excluding hydrogens is 519 g/mol. The molecule has 0 aliphatic carbocycles. The summed E-state index contributed by atoms with van der Waals surface area (Å²) in [5, 5.41) is 0.763. The predicted octanol–water partition coefficient (Wildman–Crippen LogP) is 6.82. The normalized spacial score (nSPS) is 18.6. The van der Waals surface area contributed by atoms with E-state index >= 15 is 0 Å². The van der Waals surface area contributed by atoms with Crippen molar-refractivity contribution in [3.63, 3.8) is 0 Å². The zero-order valence-electron chi connectivity index (χ0n) is 18.2. The van der Waals surface area contributed by atoms with E-state index < -0.39 is 23.7 Å². The molecule has 0 radical (unpaired) electrons. The molecule has 0 saturated carbocycles. The van der Waals surface area contributed by atoms with Gasteiger partial charge in [0.05, 0.1) is 22.2 Å². The Hall–Kier alpha value is -1.74. The van der Waals surface area contributed by atoms with E-state index in [1.807, 2.05) is 11.0 Å². The van der Waals surface area contributed by atoms with Crippen LogP contribution in [0.5, 0.6) is 0 Å².